The van der Waals surface area contributed by atoms with E-state index in [2.05, 4.69) is 74.8 Å². The van der Waals surface area contributed by atoms with Gasteiger partial charge in [-0.15, -0.1) is 9.24 Å². The molecular formula is C17H22NP. The molecule has 2 aromatic rings. The van der Waals surface area contributed by atoms with Crippen molar-refractivity contribution in [3.63, 3.8) is 0 Å². The molecule has 1 atom stereocenters. The van der Waals surface area contributed by atoms with Gasteiger partial charge in [-0.1, -0.05) is 42.8 Å². The highest BCUT2D eigenvalue weighted by Gasteiger charge is 2.07. The molecule has 0 saturated heterocycles. The van der Waals surface area contributed by atoms with Gasteiger partial charge >= 0.3 is 0 Å². The lowest BCUT2D eigenvalue weighted by molar-refractivity contribution is 0.721. The molecule has 1 unspecified atom stereocenters. The molecule has 0 bridgehead atoms. The summed E-state index contributed by atoms with van der Waals surface area (Å²) in [6, 6.07) is 21.3. The Hall–Kier alpha value is -1.33. The fourth-order valence-electron chi connectivity index (χ4n) is 2.21. The first-order valence-corrected chi connectivity index (χ1v) is 7.81. The number of benzene rings is 2. The molecule has 0 radical (unpaired) electrons. The van der Waals surface area contributed by atoms with Crippen LogP contribution in [0.4, 0.5) is 11.4 Å². The van der Waals surface area contributed by atoms with E-state index < -0.39 is 0 Å². The monoisotopic (exact) mass is 271 g/mol. The van der Waals surface area contributed by atoms with Crippen LogP contribution in [0.3, 0.4) is 0 Å². The topological polar surface area (TPSA) is 3.24 Å². The third kappa shape index (κ3) is 4.36. The van der Waals surface area contributed by atoms with E-state index in [-0.39, 0.29) is 0 Å². The van der Waals surface area contributed by atoms with E-state index in [0.717, 1.165) is 6.54 Å². The molecule has 0 spiro atoms. The molecular weight excluding hydrogens is 249 g/mol. The Morgan fingerprint density at radius 2 is 1.21 bits per heavy atom. The molecule has 0 amide bonds. The van der Waals surface area contributed by atoms with Gasteiger partial charge in [0.05, 0.1) is 0 Å². The fourth-order valence-corrected chi connectivity index (χ4v) is 2.50. The van der Waals surface area contributed by atoms with Crippen LogP contribution in [-0.2, 0) is 0 Å². The summed E-state index contributed by atoms with van der Waals surface area (Å²) in [5, 5.41) is 0. The summed E-state index contributed by atoms with van der Waals surface area (Å²) >= 11 is 0. The van der Waals surface area contributed by atoms with E-state index >= 15 is 0 Å². The Bertz CT molecular complexity index is 416. The SMILES string of the molecule is PCCCCCN(c1ccccc1)c1ccccc1. The van der Waals surface area contributed by atoms with Crippen LogP contribution in [0.2, 0.25) is 0 Å². The maximum Gasteiger partial charge on any atom is 0.0410 e. The number of para-hydroxylation sites is 2. The zero-order valence-corrected chi connectivity index (χ0v) is 12.5. The molecule has 0 aliphatic heterocycles. The molecule has 0 aliphatic rings. The minimum absolute atomic E-state index is 1.08. The van der Waals surface area contributed by atoms with Gasteiger partial charge in [-0.25, -0.2) is 0 Å². The molecule has 0 saturated carbocycles. The molecule has 0 heterocycles. The first kappa shape index (κ1) is 14.1. The average molecular weight is 271 g/mol. The lowest BCUT2D eigenvalue weighted by Crippen LogP contribution is -2.18. The van der Waals surface area contributed by atoms with Crippen LogP contribution >= 0.6 is 9.24 Å². The summed E-state index contributed by atoms with van der Waals surface area (Å²) in [7, 11) is 2.81. The number of unbranched alkanes of at least 4 members (excludes halogenated alkanes) is 2. The van der Waals surface area contributed by atoms with Crippen molar-refractivity contribution in [1.29, 1.82) is 0 Å². The minimum atomic E-state index is 1.08. The molecule has 19 heavy (non-hydrogen) atoms. The van der Waals surface area contributed by atoms with Crippen molar-refractivity contribution in [2.75, 3.05) is 17.6 Å². The molecule has 0 N–H and O–H groups in total. The van der Waals surface area contributed by atoms with Crippen LogP contribution in [-0.4, -0.2) is 12.7 Å². The van der Waals surface area contributed by atoms with Crippen molar-refractivity contribution in [3.05, 3.63) is 60.7 Å². The van der Waals surface area contributed by atoms with Crippen molar-refractivity contribution in [2.24, 2.45) is 0 Å². The van der Waals surface area contributed by atoms with Gasteiger partial charge in [-0.2, -0.15) is 0 Å². The lowest BCUT2D eigenvalue weighted by Gasteiger charge is -2.25. The normalized spacial score (nSPS) is 10.4. The highest BCUT2D eigenvalue weighted by atomic mass is 31.0. The highest BCUT2D eigenvalue weighted by molar-refractivity contribution is 7.16. The van der Waals surface area contributed by atoms with Gasteiger partial charge in [0.1, 0.15) is 0 Å². The van der Waals surface area contributed by atoms with Crippen molar-refractivity contribution >= 4 is 20.6 Å². The quantitative estimate of drug-likeness (QED) is 0.513. The van der Waals surface area contributed by atoms with Crippen molar-refractivity contribution in [2.45, 2.75) is 19.3 Å². The fraction of sp³-hybridized carbons (Fsp3) is 0.294. The van der Waals surface area contributed by atoms with Crippen LogP contribution in [0.1, 0.15) is 19.3 Å². The Morgan fingerprint density at radius 1 is 0.684 bits per heavy atom. The second-order valence-corrected chi connectivity index (χ2v) is 5.25. The smallest absolute Gasteiger partial charge is 0.0410 e. The molecule has 2 heteroatoms. The Balaban J connectivity index is 2.10. The molecule has 0 fully saturated rings. The Labute approximate surface area is 118 Å². The maximum atomic E-state index is 2.81. The van der Waals surface area contributed by atoms with E-state index in [0.29, 0.717) is 0 Å². The zero-order chi connectivity index (χ0) is 13.3. The molecule has 0 aliphatic carbocycles. The summed E-state index contributed by atoms with van der Waals surface area (Å²) in [4.78, 5) is 2.41. The summed E-state index contributed by atoms with van der Waals surface area (Å²) in [6.07, 6.45) is 5.02. The third-order valence-electron chi connectivity index (χ3n) is 3.22. The van der Waals surface area contributed by atoms with E-state index in [9.17, 15) is 0 Å². The largest absolute Gasteiger partial charge is 0.341 e. The maximum absolute atomic E-state index is 2.81. The first-order valence-electron chi connectivity index (χ1n) is 6.99. The van der Waals surface area contributed by atoms with E-state index in [4.69, 9.17) is 0 Å². The second-order valence-electron chi connectivity index (χ2n) is 4.67. The molecule has 0 aromatic heterocycles. The van der Waals surface area contributed by atoms with Gasteiger partial charge in [0.25, 0.3) is 0 Å². The summed E-state index contributed by atoms with van der Waals surface area (Å²) in [5.74, 6) is 0. The summed E-state index contributed by atoms with van der Waals surface area (Å²) < 4.78 is 0. The van der Waals surface area contributed by atoms with Crippen LogP contribution in [0.25, 0.3) is 0 Å². The van der Waals surface area contributed by atoms with Gasteiger partial charge < -0.3 is 4.90 Å². The predicted octanol–water partition coefficient (Wildman–Crippen LogP) is 4.87. The lowest BCUT2D eigenvalue weighted by atomic mass is 10.2. The van der Waals surface area contributed by atoms with Crippen LogP contribution in [0.5, 0.6) is 0 Å². The first-order chi connectivity index (χ1) is 9.42. The van der Waals surface area contributed by atoms with Crippen LogP contribution in [0.15, 0.2) is 60.7 Å². The van der Waals surface area contributed by atoms with Gasteiger partial charge in [0.2, 0.25) is 0 Å². The predicted molar refractivity (Wildman–Crippen MR) is 88.3 cm³/mol. The second kappa shape index (κ2) is 7.96. The van der Waals surface area contributed by atoms with E-state index in [1.807, 2.05) is 0 Å². The van der Waals surface area contributed by atoms with Gasteiger partial charge in [-0.05, 0) is 43.3 Å². The standard InChI is InChI=1S/C17H22NP/c19-15-9-3-8-14-18(16-10-4-1-5-11-16)17-12-6-2-7-13-17/h1-2,4-7,10-13H,3,8-9,14-15,19H2. The van der Waals surface area contributed by atoms with Crippen LogP contribution < -0.4 is 4.90 Å². The van der Waals surface area contributed by atoms with Crippen molar-refractivity contribution in [1.82, 2.24) is 0 Å². The number of rotatable bonds is 7. The van der Waals surface area contributed by atoms with Crippen LogP contribution in [0, 0.1) is 0 Å². The number of nitrogens with zero attached hydrogens (tertiary/aromatic N) is 1. The van der Waals surface area contributed by atoms with Gasteiger partial charge in [-0.3, -0.25) is 0 Å². The van der Waals surface area contributed by atoms with Gasteiger partial charge in [0, 0.05) is 17.9 Å². The van der Waals surface area contributed by atoms with Crippen molar-refractivity contribution in [3.8, 4) is 0 Å². The molecule has 2 aromatic carbocycles. The Morgan fingerprint density at radius 3 is 1.68 bits per heavy atom. The average Bonchev–Trinajstić information content (AvgIpc) is 2.49. The van der Waals surface area contributed by atoms with E-state index in [1.165, 1.54) is 36.8 Å². The minimum Gasteiger partial charge on any atom is -0.341 e. The number of hydrogen-bond donors (Lipinski definition) is 0. The third-order valence-corrected chi connectivity index (χ3v) is 3.63. The number of anilines is 2. The molecule has 100 valence electrons. The molecule has 2 rings (SSSR count). The summed E-state index contributed by atoms with van der Waals surface area (Å²) in [5.41, 5.74) is 2.55. The Kier molecular flexibility index (Phi) is 5.91. The van der Waals surface area contributed by atoms with Crippen molar-refractivity contribution < 1.29 is 0 Å². The van der Waals surface area contributed by atoms with E-state index in [1.54, 1.807) is 0 Å². The van der Waals surface area contributed by atoms with Gasteiger partial charge in [0.15, 0.2) is 0 Å². The molecule has 1 nitrogen and oxygen atoms in total. The zero-order valence-electron chi connectivity index (χ0n) is 11.3. The number of hydrogen-bond acceptors (Lipinski definition) is 1. The highest BCUT2D eigenvalue weighted by Crippen LogP contribution is 2.25. The summed E-state index contributed by atoms with van der Waals surface area (Å²) in [6.45, 7) is 1.08.